The highest BCUT2D eigenvalue weighted by Gasteiger charge is 2.28. The first-order valence-electron chi connectivity index (χ1n) is 6.16. The van der Waals surface area contributed by atoms with Crippen LogP contribution < -0.4 is 10.6 Å². The van der Waals surface area contributed by atoms with Gasteiger partial charge in [-0.1, -0.05) is 11.6 Å². The topological polar surface area (TPSA) is 84.5 Å². The summed E-state index contributed by atoms with van der Waals surface area (Å²) in [4.78, 5) is 34.1. The van der Waals surface area contributed by atoms with E-state index in [1.807, 2.05) is 0 Å². The minimum absolute atomic E-state index is 0.126. The molecule has 0 unspecified atom stereocenters. The minimum Gasteiger partial charge on any atom is -0.454 e. The fraction of sp³-hybridized carbons (Fsp3) is 0.308. The molecular weight excluding hydrogens is 303 g/mol. The van der Waals surface area contributed by atoms with E-state index in [1.54, 1.807) is 0 Å². The molecule has 8 heteroatoms. The van der Waals surface area contributed by atoms with Crippen molar-refractivity contribution in [2.45, 2.75) is 18.9 Å². The zero-order chi connectivity index (χ0) is 15.4. The number of esters is 1. The van der Waals surface area contributed by atoms with E-state index < -0.39 is 30.3 Å². The van der Waals surface area contributed by atoms with E-state index in [1.165, 1.54) is 12.1 Å². The zero-order valence-electron chi connectivity index (χ0n) is 10.8. The molecule has 2 rings (SSSR count). The van der Waals surface area contributed by atoms with Gasteiger partial charge >= 0.3 is 5.97 Å². The van der Waals surface area contributed by atoms with E-state index in [2.05, 4.69) is 10.6 Å². The largest absolute Gasteiger partial charge is 0.454 e. The Kier molecular flexibility index (Phi) is 4.74. The van der Waals surface area contributed by atoms with Crippen molar-refractivity contribution in [2.24, 2.45) is 0 Å². The van der Waals surface area contributed by atoms with E-state index in [0.717, 1.165) is 6.07 Å². The van der Waals surface area contributed by atoms with Gasteiger partial charge in [-0.15, -0.1) is 0 Å². The first-order chi connectivity index (χ1) is 9.95. The molecule has 1 atom stereocenters. The van der Waals surface area contributed by atoms with Crippen LogP contribution in [-0.4, -0.2) is 30.4 Å². The Morgan fingerprint density at radius 3 is 2.86 bits per heavy atom. The second kappa shape index (κ2) is 6.53. The molecule has 0 spiro atoms. The number of carbonyl (C=O) groups is 3. The standard InChI is InChI=1S/C13H12ClFN2O4/c14-8-5-7(1-2-9(8)15)16-12(19)6-21-13(20)10-3-4-11(18)17-10/h1-2,5,10H,3-4,6H2,(H,16,19)(H,17,18)/t10-/m1/s1. The molecule has 0 saturated carbocycles. The van der Waals surface area contributed by atoms with Crippen LogP contribution in [0.25, 0.3) is 0 Å². The van der Waals surface area contributed by atoms with E-state index in [4.69, 9.17) is 16.3 Å². The van der Waals surface area contributed by atoms with Crippen molar-refractivity contribution in [3.05, 3.63) is 29.0 Å². The highest BCUT2D eigenvalue weighted by atomic mass is 35.5. The number of carbonyl (C=O) groups excluding carboxylic acids is 3. The molecule has 2 amide bonds. The SMILES string of the molecule is O=C(COC(=O)[C@H]1CCC(=O)N1)Nc1ccc(F)c(Cl)c1. The van der Waals surface area contributed by atoms with Crippen LogP contribution in [0, 0.1) is 5.82 Å². The molecule has 1 aliphatic rings. The Labute approximate surface area is 124 Å². The molecule has 1 aliphatic heterocycles. The van der Waals surface area contributed by atoms with Crippen molar-refractivity contribution in [2.75, 3.05) is 11.9 Å². The molecule has 0 bridgehead atoms. The van der Waals surface area contributed by atoms with Gasteiger partial charge in [-0.2, -0.15) is 0 Å². The van der Waals surface area contributed by atoms with Gasteiger partial charge in [0.2, 0.25) is 5.91 Å². The van der Waals surface area contributed by atoms with Gasteiger partial charge in [-0.25, -0.2) is 9.18 Å². The monoisotopic (exact) mass is 314 g/mol. The van der Waals surface area contributed by atoms with Gasteiger partial charge in [0.1, 0.15) is 11.9 Å². The van der Waals surface area contributed by atoms with Gasteiger partial charge in [-0.3, -0.25) is 9.59 Å². The second-order valence-corrected chi connectivity index (χ2v) is 4.85. The van der Waals surface area contributed by atoms with Crippen LogP contribution in [0.1, 0.15) is 12.8 Å². The highest BCUT2D eigenvalue weighted by molar-refractivity contribution is 6.31. The predicted octanol–water partition coefficient (Wildman–Crippen LogP) is 1.24. The second-order valence-electron chi connectivity index (χ2n) is 4.44. The Morgan fingerprint density at radius 1 is 1.48 bits per heavy atom. The van der Waals surface area contributed by atoms with E-state index >= 15 is 0 Å². The Balaban J connectivity index is 1.80. The average Bonchev–Trinajstić information content (AvgIpc) is 2.87. The lowest BCUT2D eigenvalue weighted by molar-refractivity contribution is -0.149. The third-order valence-corrected chi connectivity index (χ3v) is 3.12. The number of nitrogens with one attached hydrogen (secondary N) is 2. The number of anilines is 1. The maximum atomic E-state index is 12.9. The summed E-state index contributed by atoms with van der Waals surface area (Å²) in [7, 11) is 0. The number of rotatable bonds is 4. The van der Waals surface area contributed by atoms with Gasteiger partial charge in [0.25, 0.3) is 5.91 Å². The predicted molar refractivity (Wildman–Crippen MR) is 72.2 cm³/mol. The van der Waals surface area contributed by atoms with Crippen molar-refractivity contribution in [3.8, 4) is 0 Å². The van der Waals surface area contributed by atoms with Crippen LogP contribution in [0.5, 0.6) is 0 Å². The summed E-state index contributed by atoms with van der Waals surface area (Å²) in [6, 6.07) is 2.98. The van der Waals surface area contributed by atoms with E-state index in [-0.39, 0.29) is 23.0 Å². The normalized spacial score (nSPS) is 17.2. The lowest BCUT2D eigenvalue weighted by Gasteiger charge is -2.10. The van der Waals surface area contributed by atoms with Crippen LogP contribution in [0.2, 0.25) is 5.02 Å². The molecule has 1 aromatic carbocycles. The van der Waals surface area contributed by atoms with Crippen molar-refractivity contribution in [1.29, 1.82) is 0 Å². The number of amides is 2. The number of hydrogen-bond acceptors (Lipinski definition) is 4. The first kappa shape index (κ1) is 15.2. The third kappa shape index (κ3) is 4.16. The summed E-state index contributed by atoms with van der Waals surface area (Å²) >= 11 is 5.57. The maximum absolute atomic E-state index is 12.9. The Hall–Kier alpha value is -2.15. The van der Waals surface area contributed by atoms with Crippen molar-refractivity contribution >= 4 is 35.1 Å². The van der Waals surface area contributed by atoms with Crippen molar-refractivity contribution in [1.82, 2.24) is 5.32 Å². The summed E-state index contributed by atoms with van der Waals surface area (Å²) in [6.07, 6.45) is 0.618. The lowest BCUT2D eigenvalue weighted by Crippen LogP contribution is -2.36. The van der Waals surface area contributed by atoms with Crippen molar-refractivity contribution < 1.29 is 23.5 Å². The van der Waals surface area contributed by atoms with Crippen molar-refractivity contribution in [3.63, 3.8) is 0 Å². The van der Waals surface area contributed by atoms with Crippen LogP contribution in [0.15, 0.2) is 18.2 Å². The molecule has 2 N–H and O–H groups in total. The molecule has 0 aromatic heterocycles. The molecule has 1 aromatic rings. The zero-order valence-corrected chi connectivity index (χ0v) is 11.6. The third-order valence-electron chi connectivity index (χ3n) is 2.83. The fourth-order valence-electron chi connectivity index (χ4n) is 1.80. The molecule has 0 aliphatic carbocycles. The molecule has 6 nitrogen and oxygen atoms in total. The Bertz CT molecular complexity index is 594. The summed E-state index contributed by atoms with van der Waals surface area (Å²) in [5.41, 5.74) is 0.289. The van der Waals surface area contributed by atoms with Gasteiger partial charge in [0, 0.05) is 12.1 Å². The summed E-state index contributed by atoms with van der Waals surface area (Å²) < 4.78 is 17.7. The van der Waals surface area contributed by atoms with E-state index in [0.29, 0.717) is 6.42 Å². The maximum Gasteiger partial charge on any atom is 0.329 e. The van der Waals surface area contributed by atoms with Gasteiger partial charge in [-0.05, 0) is 24.6 Å². The van der Waals surface area contributed by atoms with Gasteiger partial charge < -0.3 is 15.4 Å². The van der Waals surface area contributed by atoms with Crippen LogP contribution in [0.3, 0.4) is 0 Å². The fourth-order valence-corrected chi connectivity index (χ4v) is 1.98. The Morgan fingerprint density at radius 2 is 2.24 bits per heavy atom. The summed E-state index contributed by atoms with van der Waals surface area (Å²) in [5, 5.41) is 4.72. The molecular formula is C13H12ClFN2O4. The van der Waals surface area contributed by atoms with Gasteiger partial charge in [0.05, 0.1) is 5.02 Å². The number of ether oxygens (including phenoxy) is 1. The number of halogens is 2. The molecule has 0 radical (unpaired) electrons. The molecule has 1 heterocycles. The molecule has 1 fully saturated rings. The smallest absolute Gasteiger partial charge is 0.329 e. The van der Waals surface area contributed by atoms with Crippen LogP contribution in [-0.2, 0) is 19.1 Å². The molecule has 1 saturated heterocycles. The number of hydrogen-bond donors (Lipinski definition) is 2. The quantitative estimate of drug-likeness (QED) is 0.819. The summed E-state index contributed by atoms with van der Waals surface area (Å²) in [5.74, 6) is -2.07. The minimum atomic E-state index is -0.703. The van der Waals surface area contributed by atoms with Crippen LogP contribution >= 0.6 is 11.6 Å². The summed E-state index contributed by atoms with van der Waals surface area (Å²) in [6.45, 7) is -0.500. The van der Waals surface area contributed by atoms with Gasteiger partial charge in [0.15, 0.2) is 6.61 Å². The van der Waals surface area contributed by atoms with Crippen LogP contribution in [0.4, 0.5) is 10.1 Å². The molecule has 112 valence electrons. The molecule has 21 heavy (non-hydrogen) atoms. The highest BCUT2D eigenvalue weighted by Crippen LogP contribution is 2.19. The number of benzene rings is 1. The lowest BCUT2D eigenvalue weighted by atomic mass is 10.2. The van der Waals surface area contributed by atoms with E-state index in [9.17, 15) is 18.8 Å². The average molecular weight is 315 g/mol. The first-order valence-corrected chi connectivity index (χ1v) is 6.54.